The van der Waals surface area contributed by atoms with Gasteiger partial charge in [-0.1, -0.05) is 0 Å². The summed E-state index contributed by atoms with van der Waals surface area (Å²) in [5, 5.41) is 17.2. The van der Waals surface area contributed by atoms with Crippen LogP contribution in [-0.2, 0) is 0 Å². The first kappa shape index (κ1) is 33.6. The summed E-state index contributed by atoms with van der Waals surface area (Å²) < 4.78 is 249. The third-order valence-electron chi connectivity index (χ3n) is 4.49. The van der Waals surface area contributed by atoms with Crippen LogP contribution in [0.4, 0.5) is 83.4 Å². The molecule has 0 saturated carbocycles. The van der Waals surface area contributed by atoms with E-state index in [0.29, 0.717) is 0 Å². The third kappa shape index (κ3) is 4.81. The number of aliphatic hydroxyl groups excluding tert-OH is 2. The summed E-state index contributed by atoms with van der Waals surface area (Å²) >= 11 is 0. The smallest absolute Gasteiger partial charge is 0.394 e. The number of alkyl halides is 19. The Hall–Kier alpha value is -1.41. The van der Waals surface area contributed by atoms with Crippen molar-refractivity contribution in [1.29, 1.82) is 0 Å². The molecule has 0 aromatic carbocycles. The Kier molecular flexibility index (Phi) is 8.79. The van der Waals surface area contributed by atoms with Crippen molar-refractivity contribution in [3.63, 3.8) is 0 Å². The van der Waals surface area contributed by atoms with E-state index in [1.54, 1.807) is 0 Å². The maximum absolute atomic E-state index is 13.6. The van der Waals surface area contributed by atoms with E-state index >= 15 is 0 Å². The minimum atomic E-state index is -9.03. The second-order valence-electron chi connectivity index (χ2n) is 6.96. The van der Waals surface area contributed by atoms with Gasteiger partial charge < -0.3 is 10.2 Å². The van der Waals surface area contributed by atoms with Gasteiger partial charge in [0.1, 0.15) is 0 Å². The fourth-order valence-corrected chi connectivity index (χ4v) is 2.36. The first-order chi connectivity index (χ1) is 15.0. The minimum Gasteiger partial charge on any atom is -0.394 e. The van der Waals surface area contributed by atoms with Crippen LogP contribution in [0.3, 0.4) is 0 Å². The standard InChI is InChI=1S/C14H11F19O2/c15-6(16,3-1-2-5(35)4-34)8(18,19)10(22,23)12(26,27)11(24,25)9(20,21)7(17,13(28,29)30)14(31,32)33/h5,34-35H,1-4H2. The summed E-state index contributed by atoms with van der Waals surface area (Å²) in [5.74, 6) is -50.0. The first-order valence-electron chi connectivity index (χ1n) is 8.34. The zero-order valence-corrected chi connectivity index (χ0v) is 16.0. The van der Waals surface area contributed by atoms with Crippen LogP contribution in [0, 0.1) is 0 Å². The minimum absolute atomic E-state index is 1.15. The molecule has 0 aromatic rings. The van der Waals surface area contributed by atoms with Crippen LogP contribution < -0.4 is 0 Å². The van der Waals surface area contributed by atoms with E-state index in [0.717, 1.165) is 0 Å². The van der Waals surface area contributed by atoms with Gasteiger partial charge in [0, 0.05) is 6.42 Å². The normalized spacial score (nSPS) is 17.1. The Morgan fingerprint density at radius 3 is 1.11 bits per heavy atom. The van der Waals surface area contributed by atoms with Gasteiger partial charge in [-0.15, -0.1) is 0 Å². The summed E-state index contributed by atoms with van der Waals surface area (Å²) in [6.07, 6.45) is -24.1. The number of aliphatic hydroxyl groups is 2. The lowest BCUT2D eigenvalue weighted by atomic mass is 9.83. The van der Waals surface area contributed by atoms with Crippen LogP contribution in [0.5, 0.6) is 0 Å². The highest BCUT2D eigenvalue weighted by Gasteiger charge is 2.98. The Morgan fingerprint density at radius 1 is 0.486 bits per heavy atom. The molecule has 212 valence electrons. The zero-order valence-electron chi connectivity index (χ0n) is 16.0. The Bertz CT molecular complexity index is 708. The quantitative estimate of drug-likeness (QED) is 0.292. The molecule has 0 bridgehead atoms. The number of hydrogen-bond donors (Lipinski definition) is 2. The zero-order chi connectivity index (χ0) is 28.9. The predicted octanol–water partition coefficient (Wildman–Crippen LogP) is 6.15. The van der Waals surface area contributed by atoms with Crippen LogP contribution >= 0.6 is 0 Å². The van der Waals surface area contributed by atoms with Gasteiger partial charge in [0.15, 0.2) is 0 Å². The lowest BCUT2D eigenvalue weighted by Crippen LogP contribution is -2.77. The molecule has 1 unspecified atom stereocenters. The molecule has 0 aliphatic rings. The van der Waals surface area contributed by atoms with Gasteiger partial charge in [-0.2, -0.15) is 79.0 Å². The van der Waals surface area contributed by atoms with Gasteiger partial charge >= 0.3 is 53.6 Å². The van der Waals surface area contributed by atoms with Crippen LogP contribution in [0.25, 0.3) is 0 Å². The number of rotatable bonds is 11. The first-order valence-corrected chi connectivity index (χ1v) is 8.34. The Labute approximate surface area is 180 Å². The third-order valence-corrected chi connectivity index (χ3v) is 4.49. The maximum Gasteiger partial charge on any atom is 0.438 e. The molecule has 0 aliphatic carbocycles. The lowest BCUT2D eigenvalue weighted by Gasteiger charge is -2.45. The van der Waals surface area contributed by atoms with Crippen molar-refractivity contribution in [3.05, 3.63) is 0 Å². The average Bonchev–Trinajstić information content (AvgIpc) is 2.64. The second-order valence-corrected chi connectivity index (χ2v) is 6.96. The molecule has 2 nitrogen and oxygen atoms in total. The van der Waals surface area contributed by atoms with Crippen LogP contribution in [-0.4, -0.2) is 76.5 Å². The van der Waals surface area contributed by atoms with Gasteiger partial charge in [-0.05, 0) is 12.8 Å². The summed E-state index contributed by atoms with van der Waals surface area (Å²) in [6.45, 7) is -1.25. The molecule has 35 heavy (non-hydrogen) atoms. The number of hydrogen-bond acceptors (Lipinski definition) is 2. The van der Waals surface area contributed by atoms with Gasteiger partial charge in [0.05, 0.1) is 12.7 Å². The fourth-order valence-electron chi connectivity index (χ4n) is 2.36. The van der Waals surface area contributed by atoms with E-state index in [4.69, 9.17) is 10.2 Å². The van der Waals surface area contributed by atoms with Gasteiger partial charge in [-0.3, -0.25) is 0 Å². The Balaban J connectivity index is 6.73. The molecule has 0 saturated heterocycles. The molecule has 0 amide bonds. The number of halogens is 19. The molecule has 0 rings (SSSR count). The summed E-state index contributed by atoms with van der Waals surface area (Å²) in [7, 11) is 0. The summed E-state index contributed by atoms with van der Waals surface area (Å²) in [4.78, 5) is 0. The molecule has 0 heterocycles. The van der Waals surface area contributed by atoms with E-state index in [1.165, 1.54) is 0 Å². The van der Waals surface area contributed by atoms with E-state index in [1.807, 2.05) is 0 Å². The topological polar surface area (TPSA) is 40.5 Å². The average molecular weight is 572 g/mol. The fraction of sp³-hybridized carbons (Fsp3) is 1.00. The Morgan fingerprint density at radius 2 is 0.800 bits per heavy atom. The SMILES string of the molecule is OCC(O)CCCC(F)(F)C(F)(F)C(F)(F)C(F)(F)C(F)(F)C(F)(F)C(F)(C(F)(F)F)C(F)(F)F. The molecule has 21 heteroatoms. The largest absolute Gasteiger partial charge is 0.438 e. The van der Waals surface area contributed by atoms with Crippen molar-refractivity contribution in [1.82, 2.24) is 0 Å². The van der Waals surface area contributed by atoms with Gasteiger partial charge in [0.2, 0.25) is 0 Å². The molecule has 2 N–H and O–H groups in total. The van der Waals surface area contributed by atoms with E-state index in [9.17, 15) is 83.4 Å². The maximum atomic E-state index is 13.6. The van der Waals surface area contributed by atoms with Crippen molar-refractivity contribution in [2.45, 2.75) is 78.9 Å². The highest BCUT2D eigenvalue weighted by Crippen LogP contribution is 2.66. The van der Waals surface area contributed by atoms with Crippen LogP contribution in [0.1, 0.15) is 19.3 Å². The van der Waals surface area contributed by atoms with Gasteiger partial charge in [-0.25, -0.2) is 4.39 Å². The van der Waals surface area contributed by atoms with Crippen molar-refractivity contribution in [2.75, 3.05) is 6.61 Å². The van der Waals surface area contributed by atoms with E-state index < -0.39 is 85.5 Å². The van der Waals surface area contributed by atoms with Crippen molar-refractivity contribution in [2.24, 2.45) is 0 Å². The predicted molar refractivity (Wildman–Crippen MR) is 72.6 cm³/mol. The van der Waals surface area contributed by atoms with E-state index in [-0.39, 0.29) is 0 Å². The van der Waals surface area contributed by atoms with Crippen molar-refractivity contribution >= 4 is 0 Å². The molecular formula is C14H11F19O2. The van der Waals surface area contributed by atoms with Crippen molar-refractivity contribution in [3.8, 4) is 0 Å². The molecule has 0 aromatic heterocycles. The molecular weight excluding hydrogens is 561 g/mol. The van der Waals surface area contributed by atoms with E-state index in [2.05, 4.69) is 0 Å². The lowest BCUT2D eigenvalue weighted by molar-refractivity contribution is -0.472. The van der Waals surface area contributed by atoms with Gasteiger partial charge in [0.25, 0.3) is 0 Å². The summed E-state index contributed by atoms with van der Waals surface area (Å²) in [6, 6.07) is 0. The summed E-state index contributed by atoms with van der Waals surface area (Å²) in [5.41, 5.74) is -8.76. The van der Waals surface area contributed by atoms with Crippen molar-refractivity contribution < 1.29 is 93.6 Å². The molecule has 0 aliphatic heterocycles. The molecule has 1 atom stereocenters. The second kappa shape index (κ2) is 9.16. The molecule has 0 spiro atoms. The molecule has 0 fully saturated rings. The highest BCUT2D eigenvalue weighted by atomic mass is 19.4. The van der Waals surface area contributed by atoms with Crippen LogP contribution in [0.15, 0.2) is 0 Å². The monoisotopic (exact) mass is 572 g/mol. The highest BCUT2D eigenvalue weighted by molar-refractivity contribution is 5.19. The molecule has 0 radical (unpaired) electrons. The van der Waals surface area contributed by atoms with Crippen LogP contribution in [0.2, 0.25) is 0 Å².